The maximum Gasteiger partial charge on any atom is 0.410 e. The first kappa shape index (κ1) is 26.5. The lowest BCUT2D eigenvalue weighted by Gasteiger charge is -2.31. The quantitative estimate of drug-likeness (QED) is 0.560. The average Bonchev–Trinajstić information content (AvgIpc) is 3.03. The molecule has 1 saturated heterocycles. The van der Waals surface area contributed by atoms with E-state index in [9.17, 15) is 9.59 Å². The molecule has 2 aromatic rings. The summed E-state index contributed by atoms with van der Waals surface area (Å²) in [5.74, 6) is 0.366. The Morgan fingerprint density at radius 3 is 2.43 bits per heavy atom. The highest BCUT2D eigenvalue weighted by Crippen LogP contribution is 2.20. The minimum atomic E-state index is -0.599. The number of hydrogen-bond acceptors (Lipinski definition) is 6. The van der Waals surface area contributed by atoms with Crippen molar-refractivity contribution in [1.82, 2.24) is 10.2 Å². The maximum absolute atomic E-state index is 13.1. The van der Waals surface area contributed by atoms with E-state index in [-0.39, 0.29) is 24.9 Å². The fourth-order valence-electron chi connectivity index (χ4n) is 3.82. The molecule has 0 aromatic heterocycles. The van der Waals surface area contributed by atoms with E-state index in [0.29, 0.717) is 37.4 Å². The van der Waals surface area contributed by atoms with Crippen molar-refractivity contribution >= 4 is 12.0 Å². The zero-order chi connectivity index (χ0) is 25.3. The maximum atomic E-state index is 13.1. The lowest BCUT2D eigenvalue weighted by atomic mass is 10.1. The van der Waals surface area contributed by atoms with Gasteiger partial charge in [-0.05, 0) is 63.4 Å². The van der Waals surface area contributed by atoms with Crippen LogP contribution in [0.1, 0.15) is 49.5 Å². The number of hydrogen-bond donors (Lipinski definition) is 1. The molecule has 2 amide bonds. The van der Waals surface area contributed by atoms with Gasteiger partial charge in [0.15, 0.2) is 6.79 Å². The molecule has 35 heavy (non-hydrogen) atoms. The van der Waals surface area contributed by atoms with Crippen LogP contribution >= 0.6 is 0 Å². The summed E-state index contributed by atoms with van der Waals surface area (Å²) >= 11 is 0. The summed E-state index contributed by atoms with van der Waals surface area (Å²) in [6, 6.07) is 16.3. The Morgan fingerprint density at radius 1 is 1.06 bits per heavy atom. The van der Waals surface area contributed by atoms with Crippen molar-refractivity contribution in [2.24, 2.45) is 0 Å². The predicted octanol–water partition coefficient (Wildman–Crippen LogP) is 4.38. The molecule has 1 aliphatic rings. The molecule has 1 N–H and O–H groups in total. The smallest absolute Gasteiger partial charge is 0.410 e. The van der Waals surface area contributed by atoms with Gasteiger partial charge in [-0.2, -0.15) is 0 Å². The molecular weight excluding hydrogens is 448 g/mol. The van der Waals surface area contributed by atoms with E-state index in [1.807, 2.05) is 51.1 Å². The van der Waals surface area contributed by atoms with E-state index in [1.54, 1.807) is 36.3 Å². The van der Waals surface area contributed by atoms with E-state index >= 15 is 0 Å². The van der Waals surface area contributed by atoms with Crippen LogP contribution in [0.2, 0.25) is 0 Å². The van der Waals surface area contributed by atoms with Crippen molar-refractivity contribution in [2.45, 2.75) is 58.0 Å². The number of carbonyl (C=O) groups is 2. The first-order chi connectivity index (χ1) is 16.7. The molecule has 2 atom stereocenters. The second-order valence-electron chi connectivity index (χ2n) is 9.56. The summed E-state index contributed by atoms with van der Waals surface area (Å²) in [5.41, 5.74) is 0.944. The number of ether oxygens (including phenoxy) is 4. The molecule has 1 aliphatic heterocycles. The van der Waals surface area contributed by atoms with Crippen LogP contribution in [0, 0.1) is 0 Å². The van der Waals surface area contributed by atoms with Gasteiger partial charge >= 0.3 is 6.09 Å². The molecular formula is C27H36N2O6. The average molecular weight is 485 g/mol. The molecule has 190 valence electrons. The summed E-state index contributed by atoms with van der Waals surface area (Å²) in [6.45, 7) is 6.92. The van der Waals surface area contributed by atoms with E-state index in [2.05, 4.69) is 5.32 Å². The molecule has 0 saturated carbocycles. The van der Waals surface area contributed by atoms with Crippen LogP contribution in [0.25, 0.3) is 0 Å². The van der Waals surface area contributed by atoms with Gasteiger partial charge < -0.3 is 29.2 Å². The molecule has 0 unspecified atom stereocenters. The van der Waals surface area contributed by atoms with Gasteiger partial charge in [-0.15, -0.1) is 0 Å². The van der Waals surface area contributed by atoms with Gasteiger partial charge in [0.05, 0.1) is 18.8 Å². The van der Waals surface area contributed by atoms with Crippen LogP contribution in [0.15, 0.2) is 54.6 Å². The van der Waals surface area contributed by atoms with Gasteiger partial charge in [0.2, 0.25) is 0 Å². The fourth-order valence-corrected chi connectivity index (χ4v) is 3.82. The monoisotopic (exact) mass is 484 g/mol. The van der Waals surface area contributed by atoms with Gasteiger partial charge in [0.1, 0.15) is 11.4 Å². The lowest BCUT2D eigenvalue weighted by molar-refractivity contribution is 0.00420. The summed E-state index contributed by atoms with van der Waals surface area (Å²) in [6.07, 6.45) is 0.813. The topological polar surface area (TPSA) is 86.3 Å². The van der Waals surface area contributed by atoms with Gasteiger partial charge in [-0.1, -0.05) is 30.3 Å². The number of methoxy groups -OCH3 is 1. The summed E-state index contributed by atoms with van der Waals surface area (Å²) < 4.78 is 22.2. The minimum Gasteiger partial charge on any atom is -0.468 e. The third kappa shape index (κ3) is 8.56. The summed E-state index contributed by atoms with van der Waals surface area (Å²) in [5, 5.41) is 3.09. The SMILES string of the molecule is COCOc1ccc(C(=O)N[C@@H]2CN(C(=O)OC(C)(C)C)CCC[C@H]2OCc2ccccc2)cc1. The Morgan fingerprint density at radius 2 is 1.77 bits per heavy atom. The van der Waals surface area contributed by atoms with Crippen LogP contribution in [-0.2, 0) is 20.8 Å². The van der Waals surface area contributed by atoms with Gasteiger partial charge in [-0.25, -0.2) is 4.79 Å². The van der Waals surface area contributed by atoms with E-state index in [0.717, 1.165) is 12.0 Å². The molecule has 1 fully saturated rings. The van der Waals surface area contributed by atoms with Gasteiger partial charge in [0.25, 0.3) is 5.91 Å². The molecule has 0 aliphatic carbocycles. The molecule has 8 heteroatoms. The first-order valence-corrected chi connectivity index (χ1v) is 11.9. The van der Waals surface area contributed by atoms with Gasteiger partial charge in [-0.3, -0.25) is 4.79 Å². The number of rotatable bonds is 8. The van der Waals surface area contributed by atoms with Crippen LogP contribution in [0.3, 0.4) is 0 Å². The first-order valence-electron chi connectivity index (χ1n) is 11.9. The Labute approximate surface area is 207 Å². The van der Waals surface area contributed by atoms with Crippen molar-refractivity contribution in [3.8, 4) is 5.75 Å². The molecule has 1 heterocycles. The van der Waals surface area contributed by atoms with Crippen molar-refractivity contribution in [3.05, 3.63) is 65.7 Å². The summed E-state index contributed by atoms with van der Waals surface area (Å²) in [4.78, 5) is 27.6. The third-order valence-corrected chi connectivity index (χ3v) is 5.52. The third-order valence-electron chi connectivity index (χ3n) is 5.52. The highest BCUT2D eigenvalue weighted by atomic mass is 16.7. The number of carbonyl (C=O) groups excluding carboxylic acids is 2. The molecule has 2 aromatic carbocycles. The Kier molecular flexibility index (Phi) is 9.51. The van der Waals surface area contributed by atoms with Crippen LogP contribution in [-0.4, -0.2) is 61.6 Å². The van der Waals surface area contributed by atoms with Crippen molar-refractivity contribution < 1.29 is 28.5 Å². The van der Waals surface area contributed by atoms with Crippen LogP contribution in [0.4, 0.5) is 4.79 Å². The van der Waals surface area contributed by atoms with E-state index < -0.39 is 11.6 Å². The van der Waals surface area contributed by atoms with Crippen molar-refractivity contribution in [3.63, 3.8) is 0 Å². The number of likely N-dealkylation sites (tertiary alicyclic amines) is 1. The number of benzene rings is 2. The molecule has 3 rings (SSSR count). The zero-order valence-electron chi connectivity index (χ0n) is 21.0. The standard InChI is InChI=1S/C27H36N2O6/c1-27(2,3)35-26(31)29-16-8-11-24(33-18-20-9-6-5-7-10-20)23(17-29)28-25(30)21-12-14-22(15-13-21)34-19-32-4/h5-7,9-10,12-15,23-24H,8,11,16-19H2,1-4H3,(H,28,30)/t23-,24-/m1/s1. The molecule has 0 radical (unpaired) electrons. The lowest BCUT2D eigenvalue weighted by Crippen LogP contribution is -2.51. The van der Waals surface area contributed by atoms with E-state index in [4.69, 9.17) is 18.9 Å². The van der Waals surface area contributed by atoms with Crippen molar-refractivity contribution in [2.75, 3.05) is 27.0 Å². The number of nitrogens with zero attached hydrogens (tertiary/aromatic N) is 1. The van der Waals surface area contributed by atoms with Crippen LogP contribution in [0.5, 0.6) is 5.75 Å². The second kappa shape index (κ2) is 12.6. The molecule has 8 nitrogen and oxygen atoms in total. The zero-order valence-corrected chi connectivity index (χ0v) is 21.0. The highest BCUT2D eigenvalue weighted by Gasteiger charge is 2.33. The Bertz CT molecular complexity index is 942. The number of nitrogens with one attached hydrogen (secondary N) is 1. The van der Waals surface area contributed by atoms with Crippen molar-refractivity contribution in [1.29, 1.82) is 0 Å². The minimum absolute atomic E-state index is 0.133. The fraction of sp³-hybridized carbons (Fsp3) is 0.481. The normalized spacial score (nSPS) is 18.5. The second-order valence-corrected chi connectivity index (χ2v) is 9.56. The predicted molar refractivity (Wildman–Crippen MR) is 132 cm³/mol. The van der Waals surface area contributed by atoms with E-state index in [1.165, 1.54) is 0 Å². The van der Waals surface area contributed by atoms with Gasteiger partial charge in [0, 0.05) is 25.8 Å². The highest BCUT2D eigenvalue weighted by molar-refractivity contribution is 5.94. The Hall–Kier alpha value is -3.10. The molecule has 0 bridgehead atoms. The van der Waals surface area contributed by atoms with Crippen LogP contribution < -0.4 is 10.1 Å². The number of amides is 2. The summed E-state index contributed by atoms with van der Waals surface area (Å²) in [7, 11) is 1.55. The Balaban J connectivity index is 1.73. The largest absolute Gasteiger partial charge is 0.468 e. The molecule has 0 spiro atoms.